The van der Waals surface area contributed by atoms with Crippen LogP contribution in [0.2, 0.25) is 0 Å². The number of benzene rings is 1. The quantitative estimate of drug-likeness (QED) is 0.652. The molecule has 0 saturated carbocycles. The van der Waals surface area contributed by atoms with Crippen LogP contribution >= 0.6 is 0 Å². The number of para-hydroxylation sites is 1. The first-order chi connectivity index (χ1) is 12.6. The molecule has 26 heavy (non-hydrogen) atoms. The average molecular weight is 354 g/mol. The van der Waals surface area contributed by atoms with Crippen molar-refractivity contribution in [2.24, 2.45) is 5.10 Å². The molecule has 3 rings (SSSR count). The third kappa shape index (κ3) is 4.52. The zero-order chi connectivity index (χ0) is 18.4. The maximum absolute atomic E-state index is 12.9. The normalized spacial score (nSPS) is 19.5. The van der Waals surface area contributed by atoms with Crippen LogP contribution in [0.5, 0.6) is 0 Å². The Labute approximate surface area is 154 Å². The van der Waals surface area contributed by atoms with Crippen molar-refractivity contribution >= 4 is 17.8 Å². The molecule has 1 aromatic carbocycles. The molecule has 6 heteroatoms. The van der Waals surface area contributed by atoms with Crippen LogP contribution < -0.4 is 5.32 Å². The number of allylic oxidation sites excluding steroid dienone is 2. The van der Waals surface area contributed by atoms with Gasteiger partial charge in [0, 0.05) is 50.4 Å². The molecule has 0 atom stereocenters. The van der Waals surface area contributed by atoms with E-state index in [2.05, 4.69) is 15.3 Å². The fourth-order valence-corrected chi connectivity index (χ4v) is 3.24. The smallest absolute Gasteiger partial charge is 0.253 e. The van der Waals surface area contributed by atoms with Gasteiger partial charge in [0.25, 0.3) is 5.91 Å². The Hall–Kier alpha value is -2.60. The molecule has 1 N–H and O–H groups in total. The Bertz CT molecular complexity index is 717. The fourth-order valence-electron chi connectivity index (χ4n) is 3.24. The molecule has 1 aliphatic carbocycles. The predicted molar refractivity (Wildman–Crippen MR) is 104 cm³/mol. The Morgan fingerprint density at radius 3 is 2.62 bits per heavy atom. The number of hydrazone groups is 1. The fraction of sp³-hybridized carbons (Fsp3) is 0.400. The molecule has 1 heterocycles. The number of amides is 1. The summed E-state index contributed by atoms with van der Waals surface area (Å²) in [5.41, 5.74) is 3.88. The molecule has 1 saturated heterocycles. The van der Waals surface area contributed by atoms with Crippen molar-refractivity contribution in [2.75, 3.05) is 45.7 Å². The zero-order valence-electron chi connectivity index (χ0n) is 15.4. The van der Waals surface area contributed by atoms with Crippen molar-refractivity contribution < 1.29 is 9.53 Å². The van der Waals surface area contributed by atoms with Gasteiger partial charge in [0.15, 0.2) is 0 Å². The van der Waals surface area contributed by atoms with Gasteiger partial charge in [0.1, 0.15) is 0 Å². The van der Waals surface area contributed by atoms with Gasteiger partial charge in [-0.25, -0.2) is 0 Å². The lowest BCUT2D eigenvalue weighted by Crippen LogP contribution is -2.36. The van der Waals surface area contributed by atoms with E-state index in [1.807, 2.05) is 50.5 Å². The molecular weight excluding hydrogens is 328 g/mol. The van der Waals surface area contributed by atoms with Gasteiger partial charge in [-0.2, -0.15) is 5.10 Å². The van der Waals surface area contributed by atoms with Crippen molar-refractivity contribution in [3.63, 3.8) is 0 Å². The summed E-state index contributed by atoms with van der Waals surface area (Å²) in [6.45, 7) is 2.99. The number of morpholine rings is 1. The molecule has 0 bridgehead atoms. The van der Waals surface area contributed by atoms with E-state index in [4.69, 9.17) is 4.74 Å². The Morgan fingerprint density at radius 2 is 1.92 bits per heavy atom. The van der Waals surface area contributed by atoms with Crippen LogP contribution in [-0.2, 0) is 9.53 Å². The predicted octanol–water partition coefficient (Wildman–Crippen LogP) is 2.48. The summed E-state index contributed by atoms with van der Waals surface area (Å²) in [5.74, 6) is -0.0226. The van der Waals surface area contributed by atoms with Crippen LogP contribution in [0.4, 0.5) is 5.69 Å². The summed E-state index contributed by atoms with van der Waals surface area (Å²) in [5, 5.41) is 9.05. The van der Waals surface area contributed by atoms with Gasteiger partial charge in [-0.15, -0.1) is 0 Å². The van der Waals surface area contributed by atoms with Crippen molar-refractivity contribution in [3.8, 4) is 0 Å². The molecule has 0 unspecified atom stereocenters. The summed E-state index contributed by atoms with van der Waals surface area (Å²) in [6.07, 6.45) is 5.41. The molecule has 1 fully saturated rings. The second-order valence-electron chi connectivity index (χ2n) is 6.55. The largest absolute Gasteiger partial charge is 0.378 e. The SMILES string of the molecule is CN(C)/N=C\C=C1\CCC(C(=O)Nc2ccccc2)=C1N1CCOCC1. The molecule has 2 aliphatic rings. The van der Waals surface area contributed by atoms with Crippen LogP contribution in [0.15, 0.2) is 58.4 Å². The Balaban J connectivity index is 1.87. The Morgan fingerprint density at radius 1 is 1.19 bits per heavy atom. The summed E-state index contributed by atoms with van der Waals surface area (Å²) in [7, 11) is 3.78. The van der Waals surface area contributed by atoms with Gasteiger partial charge in [0.05, 0.1) is 13.2 Å². The molecule has 6 nitrogen and oxygen atoms in total. The van der Waals surface area contributed by atoms with Gasteiger partial charge >= 0.3 is 0 Å². The second-order valence-corrected chi connectivity index (χ2v) is 6.55. The number of nitrogens with zero attached hydrogens (tertiary/aromatic N) is 3. The standard InChI is InChI=1S/C20H26N4O2/c1-23(2)21-11-10-16-8-9-18(19(16)24-12-14-26-15-13-24)20(25)22-17-6-4-3-5-7-17/h3-7,10-11H,8-9,12-15H2,1-2H3,(H,22,25)/b16-10-,21-11-. The lowest BCUT2D eigenvalue weighted by molar-refractivity contribution is -0.113. The number of carbonyl (C=O) groups excluding carboxylic acids is 1. The molecule has 1 amide bonds. The number of rotatable bonds is 5. The number of carbonyl (C=O) groups is 1. The van der Waals surface area contributed by atoms with Crippen molar-refractivity contribution in [2.45, 2.75) is 12.8 Å². The van der Waals surface area contributed by atoms with E-state index in [0.717, 1.165) is 48.5 Å². The molecular formula is C20H26N4O2. The number of hydrogen-bond donors (Lipinski definition) is 1. The van der Waals surface area contributed by atoms with Gasteiger partial charge in [-0.1, -0.05) is 18.2 Å². The third-order valence-corrected chi connectivity index (χ3v) is 4.44. The van der Waals surface area contributed by atoms with Gasteiger partial charge in [-0.3, -0.25) is 4.79 Å². The summed E-state index contributed by atoms with van der Waals surface area (Å²) in [4.78, 5) is 15.2. The van der Waals surface area contributed by atoms with E-state index in [1.165, 1.54) is 0 Å². The van der Waals surface area contributed by atoms with Crippen molar-refractivity contribution in [1.29, 1.82) is 0 Å². The maximum Gasteiger partial charge on any atom is 0.253 e. The third-order valence-electron chi connectivity index (χ3n) is 4.44. The summed E-state index contributed by atoms with van der Waals surface area (Å²) >= 11 is 0. The van der Waals surface area contributed by atoms with Gasteiger partial charge in [0.2, 0.25) is 0 Å². The minimum Gasteiger partial charge on any atom is -0.378 e. The van der Waals surface area contributed by atoms with Crippen LogP contribution in [0.3, 0.4) is 0 Å². The molecule has 138 valence electrons. The molecule has 1 aromatic rings. The first-order valence-corrected chi connectivity index (χ1v) is 8.98. The first kappa shape index (κ1) is 18.2. The number of nitrogens with one attached hydrogen (secondary N) is 1. The first-order valence-electron chi connectivity index (χ1n) is 8.98. The highest BCUT2D eigenvalue weighted by atomic mass is 16.5. The maximum atomic E-state index is 12.9. The molecule has 1 aliphatic heterocycles. The topological polar surface area (TPSA) is 57.2 Å². The lowest BCUT2D eigenvalue weighted by atomic mass is 10.1. The number of ether oxygens (including phenoxy) is 1. The summed E-state index contributed by atoms with van der Waals surface area (Å²) < 4.78 is 5.48. The summed E-state index contributed by atoms with van der Waals surface area (Å²) in [6, 6.07) is 9.59. The minimum absolute atomic E-state index is 0.0226. The Kier molecular flexibility index (Phi) is 6.07. The van der Waals surface area contributed by atoms with E-state index in [1.54, 1.807) is 11.2 Å². The highest BCUT2D eigenvalue weighted by Gasteiger charge is 2.29. The monoisotopic (exact) mass is 354 g/mol. The van der Waals surface area contributed by atoms with E-state index >= 15 is 0 Å². The molecule has 0 spiro atoms. The van der Waals surface area contributed by atoms with Crippen LogP contribution in [-0.4, -0.2) is 62.4 Å². The zero-order valence-corrected chi connectivity index (χ0v) is 15.4. The second kappa shape index (κ2) is 8.67. The van der Waals surface area contributed by atoms with Crippen LogP contribution in [0.1, 0.15) is 12.8 Å². The van der Waals surface area contributed by atoms with Crippen LogP contribution in [0.25, 0.3) is 0 Å². The van der Waals surface area contributed by atoms with E-state index in [0.29, 0.717) is 13.2 Å². The van der Waals surface area contributed by atoms with Gasteiger partial charge in [-0.05, 0) is 36.6 Å². The number of hydrogen-bond acceptors (Lipinski definition) is 5. The van der Waals surface area contributed by atoms with Crippen molar-refractivity contribution in [3.05, 3.63) is 53.3 Å². The molecule has 0 aromatic heterocycles. The minimum atomic E-state index is -0.0226. The van der Waals surface area contributed by atoms with E-state index < -0.39 is 0 Å². The van der Waals surface area contributed by atoms with Crippen molar-refractivity contribution in [1.82, 2.24) is 9.91 Å². The van der Waals surface area contributed by atoms with Gasteiger partial charge < -0.3 is 20.0 Å². The highest BCUT2D eigenvalue weighted by molar-refractivity contribution is 6.05. The number of anilines is 1. The molecule has 0 radical (unpaired) electrons. The van der Waals surface area contributed by atoms with Crippen LogP contribution in [0, 0.1) is 0 Å². The highest BCUT2D eigenvalue weighted by Crippen LogP contribution is 2.34. The van der Waals surface area contributed by atoms with E-state index in [-0.39, 0.29) is 5.91 Å². The average Bonchev–Trinajstić information content (AvgIpc) is 3.07. The van der Waals surface area contributed by atoms with E-state index in [9.17, 15) is 4.79 Å². The lowest BCUT2D eigenvalue weighted by Gasteiger charge is -2.31.